The summed E-state index contributed by atoms with van der Waals surface area (Å²) in [5.74, 6) is -1.58. The third-order valence-electron chi connectivity index (χ3n) is 6.62. The van der Waals surface area contributed by atoms with E-state index in [1.807, 2.05) is 30.3 Å². The van der Waals surface area contributed by atoms with Crippen molar-refractivity contribution >= 4 is 42.6 Å². The summed E-state index contributed by atoms with van der Waals surface area (Å²) in [7, 11) is -1.24. The maximum Gasteiger partial charge on any atom is 0.407 e. The van der Waals surface area contributed by atoms with Crippen molar-refractivity contribution < 1.29 is 24.2 Å². The predicted molar refractivity (Wildman–Crippen MR) is 145 cm³/mol. The SMILES string of the molecule is C[C@@H]1CN(C(=O)C(=O)Nc2cncc3cnn(COCC[Si](C)(C)C)c23)[C@@H](c2ccccc2)CN1C(=O)O. The fraction of sp³-hybridized carbons (Fsp3) is 0.423. The lowest BCUT2D eigenvalue weighted by atomic mass is 9.99. The lowest BCUT2D eigenvalue weighted by Crippen LogP contribution is -2.58. The van der Waals surface area contributed by atoms with Gasteiger partial charge in [0.2, 0.25) is 0 Å². The molecule has 2 aromatic heterocycles. The number of carbonyl (C=O) groups excluding carboxylic acids is 2. The van der Waals surface area contributed by atoms with Gasteiger partial charge in [-0.3, -0.25) is 14.6 Å². The predicted octanol–water partition coefficient (Wildman–Crippen LogP) is 3.63. The van der Waals surface area contributed by atoms with Gasteiger partial charge in [0.1, 0.15) is 6.73 Å². The molecule has 0 radical (unpaired) electrons. The summed E-state index contributed by atoms with van der Waals surface area (Å²) in [5, 5.41) is 17.4. The Hall–Kier alpha value is -3.77. The Morgan fingerprint density at radius 1 is 1.08 bits per heavy atom. The molecule has 3 heterocycles. The summed E-state index contributed by atoms with van der Waals surface area (Å²) in [6.07, 6.45) is 3.69. The summed E-state index contributed by atoms with van der Waals surface area (Å²) in [5.41, 5.74) is 1.71. The zero-order valence-corrected chi connectivity index (χ0v) is 23.1. The van der Waals surface area contributed by atoms with E-state index in [-0.39, 0.29) is 19.8 Å². The Labute approximate surface area is 222 Å². The number of fused-ring (bicyclic) bond motifs is 1. The van der Waals surface area contributed by atoms with Gasteiger partial charge in [-0.1, -0.05) is 50.0 Å². The maximum absolute atomic E-state index is 13.5. The average Bonchev–Trinajstić information content (AvgIpc) is 3.29. The summed E-state index contributed by atoms with van der Waals surface area (Å²) in [4.78, 5) is 45.4. The van der Waals surface area contributed by atoms with Crippen molar-refractivity contribution in [3.8, 4) is 0 Å². The fourth-order valence-electron chi connectivity index (χ4n) is 4.49. The first-order valence-corrected chi connectivity index (χ1v) is 16.3. The number of aromatic nitrogens is 3. The molecule has 3 amide bonds. The topological polar surface area (TPSA) is 130 Å². The van der Waals surface area contributed by atoms with Crippen LogP contribution in [0.4, 0.5) is 10.5 Å². The van der Waals surface area contributed by atoms with Crippen LogP contribution in [0.1, 0.15) is 18.5 Å². The molecule has 2 N–H and O–H groups in total. The van der Waals surface area contributed by atoms with Gasteiger partial charge in [0.25, 0.3) is 0 Å². The molecule has 12 heteroatoms. The van der Waals surface area contributed by atoms with Crippen molar-refractivity contribution in [2.75, 3.05) is 25.0 Å². The number of nitrogens with zero attached hydrogens (tertiary/aromatic N) is 5. The molecule has 0 spiro atoms. The van der Waals surface area contributed by atoms with Crippen molar-refractivity contribution in [3.05, 3.63) is 54.5 Å². The molecule has 0 saturated carbocycles. The largest absolute Gasteiger partial charge is 0.465 e. The summed E-state index contributed by atoms with van der Waals surface area (Å²) < 4.78 is 7.48. The van der Waals surface area contributed by atoms with E-state index in [9.17, 15) is 19.5 Å². The van der Waals surface area contributed by atoms with E-state index < -0.39 is 38.1 Å². The van der Waals surface area contributed by atoms with E-state index in [0.717, 1.165) is 11.6 Å². The molecule has 0 aliphatic carbocycles. The van der Waals surface area contributed by atoms with Crippen molar-refractivity contribution in [3.63, 3.8) is 0 Å². The Bertz CT molecular complexity index is 1310. The molecule has 1 fully saturated rings. The minimum Gasteiger partial charge on any atom is -0.465 e. The van der Waals surface area contributed by atoms with E-state index >= 15 is 0 Å². The molecule has 0 bridgehead atoms. The van der Waals surface area contributed by atoms with E-state index in [1.54, 1.807) is 24.0 Å². The molecule has 1 aliphatic heterocycles. The van der Waals surface area contributed by atoms with Crippen LogP contribution in [0.25, 0.3) is 10.9 Å². The number of benzene rings is 1. The monoisotopic (exact) mass is 538 g/mol. The third-order valence-corrected chi connectivity index (χ3v) is 8.33. The van der Waals surface area contributed by atoms with Gasteiger partial charge in [-0.15, -0.1) is 0 Å². The van der Waals surface area contributed by atoms with Gasteiger partial charge in [0.15, 0.2) is 0 Å². The molecule has 11 nitrogen and oxygen atoms in total. The summed E-state index contributed by atoms with van der Waals surface area (Å²) in [6.45, 7) is 9.53. The van der Waals surface area contributed by atoms with Crippen LogP contribution < -0.4 is 5.32 Å². The molecule has 1 aromatic carbocycles. The van der Waals surface area contributed by atoms with E-state index in [2.05, 4.69) is 35.0 Å². The first kappa shape index (κ1) is 27.3. The second kappa shape index (κ2) is 11.3. The Kier molecular flexibility index (Phi) is 8.12. The van der Waals surface area contributed by atoms with E-state index in [4.69, 9.17) is 4.74 Å². The number of hydrogen-bond donors (Lipinski definition) is 2. The lowest BCUT2D eigenvalue weighted by Gasteiger charge is -2.44. The van der Waals surface area contributed by atoms with E-state index in [0.29, 0.717) is 23.2 Å². The normalized spacial score (nSPS) is 18.0. The van der Waals surface area contributed by atoms with Crippen LogP contribution in [0.5, 0.6) is 0 Å². The first-order chi connectivity index (χ1) is 18.0. The number of amides is 3. The van der Waals surface area contributed by atoms with Gasteiger partial charge >= 0.3 is 17.9 Å². The Morgan fingerprint density at radius 2 is 1.82 bits per heavy atom. The van der Waals surface area contributed by atoms with Crippen LogP contribution in [0.2, 0.25) is 25.7 Å². The number of carbonyl (C=O) groups is 3. The number of carboxylic acid groups (broad SMARTS) is 1. The fourth-order valence-corrected chi connectivity index (χ4v) is 5.25. The van der Waals surface area contributed by atoms with Crippen LogP contribution in [-0.2, 0) is 21.1 Å². The Balaban J connectivity index is 1.54. The molecule has 2 atom stereocenters. The van der Waals surface area contributed by atoms with Gasteiger partial charge in [-0.2, -0.15) is 5.10 Å². The van der Waals surface area contributed by atoms with Gasteiger partial charge < -0.3 is 25.0 Å². The molecular formula is C26H34N6O5Si. The molecule has 1 aliphatic rings. The van der Waals surface area contributed by atoms with Gasteiger partial charge in [-0.25, -0.2) is 9.48 Å². The molecule has 202 valence electrons. The minimum atomic E-state index is -1.24. The molecule has 3 aromatic rings. The second-order valence-corrected chi connectivity index (χ2v) is 16.4. The smallest absolute Gasteiger partial charge is 0.407 e. The summed E-state index contributed by atoms with van der Waals surface area (Å²) in [6, 6.07) is 9.08. The van der Waals surface area contributed by atoms with Gasteiger partial charge in [0, 0.05) is 45.4 Å². The Morgan fingerprint density at radius 3 is 2.50 bits per heavy atom. The number of ether oxygens (including phenoxy) is 1. The minimum absolute atomic E-state index is 0.0677. The molecule has 38 heavy (non-hydrogen) atoms. The van der Waals surface area contributed by atoms with Crippen LogP contribution in [0.3, 0.4) is 0 Å². The standard InChI is InChI=1S/C26H34N6O5Si/c1-18-15-31(22(16-30(18)26(35)36)19-8-6-5-7-9-19)25(34)24(33)29-21-14-27-12-20-13-28-32(23(20)21)17-37-10-11-38(2,3)4/h5-9,12-14,18,22H,10-11,15-17H2,1-4H3,(H,29,33)(H,35,36)/t18-,22-/m1/s1. The second-order valence-electron chi connectivity index (χ2n) is 10.7. The van der Waals surface area contributed by atoms with Gasteiger partial charge in [-0.05, 0) is 18.5 Å². The van der Waals surface area contributed by atoms with Crippen LogP contribution >= 0.6 is 0 Å². The quantitative estimate of drug-likeness (QED) is 0.267. The molecule has 0 unspecified atom stereocenters. The van der Waals surface area contributed by atoms with Gasteiger partial charge in [0.05, 0.1) is 29.6 Å². The third kappa shape index (κ3) is 6.19. The van der Waals surface area contributed by atoms with Crippen molar-refractivity contribution in [2.45, 2.75) is 51.4 Å². The van der Waals surface area contributed by atoms with Crippen molar-refractivity contribution in [1.29, 1.82) is 0 Å². The molecule has 4 rings (SSSR count). The zero-order valence-electron chi connectivity index (χ0n) is 22.1. The lowest BCUT2D eigenvalue weighted by molar-refractivity contribution is -0.147. The number of rotatable bonds is 7. The van der Waals surface area contributed by atoms with Crippen molar-refractivity contribution in [1.82, 2.24) is 24.6 Å². The number of anilines is 1. The highest BCUT2D eigenvalue weighted by molar-refractivity contribution is 6.76. The van der Waals surface area contributed by atoms with Crippen molar-refractivity contribution in [2.24, 2.45) is 0 Å². The maximum atomic E-state index is 13.5. The van der Waals surface area contributed by atoms with E-state index in [1.165, 1.54) is 16.0 Å². The first-order valence-electron chi connectivity index (χ1n) is 12.6. The number of hydrogen-bond acceptors (Lipinski definition) is 6. The number of nitrogens with one attached hydrogen (secondary N) is 1. The van der Waals surface area contributed by atoms with Crippen LogP contribution in [0.15, 0.2) is 48.9 Å². The zero-order chi connectivity index (χ0) is 27.4. The highest BCUT2D eigenvalue weighted by Gasteiger charge is 2.39. The average molecular weight is 539 g/mol. The number of piperazine rings is 1. The molecular weight excluding hydrogens is 504 g/mol. The summed E-state index contributed by atoms with van der Waals surface area (Å²) >= 11 is 0. The van der Waals surface area contributed by atoms with Crippen LogP contribution in [0, 0.1) is 0 Å². The van der Waals surface area contributed by atoms with Crippen LogP contribution in [-0.4, -0.2) is 81.4 Å². The number of pyridine rings is 1. The highest BCUT2D eigenvalue weighted by atomic mass is 28.3. The molecule has 1 saturated heterocycles. The highest BCUT2D eigenvalue weighted by Crippen LogP contribution is 2.29.